The monoisotopic (exact) mass is 407 g/mol. The summed E-state index contributed by atoms with van der Waals surface area (Å²) in [5.74, 6) is 2.88. The number of fused-ring (bicyclic) bond motifs is 1. The lowest BCUT2D eigenvalue weighted by molar-refractivity contribution is -0.142. The Balaban J connectivity index is 2.22. The topological polar surface area (TPSA) is 30.2 Å². The molecule has 0 aliphatic carbocycles. The third-order valence-electron chi connectivity index (χ3n) is 3.74. The van der Waals surface area contributed by atoms with Crippen molar-refractivity contribution < 1.29 is 13.2 Å². The van der Waals surface area contributed by atoms with Crippen molar-refractivity contribution in [3.63, 3.8) is 0 Å². The molecule has 3 nitrogen and oxygen atoms in total. The minimum atomic E-state index is -4.58. The van der Waals surface area contributed by atoms with E-state index in [0.29, 0.717) is 10.6 Å². The van der Waals surface area contributed by atoms with E-state index in [2.05, 4.69) is 41.2 Å². The molecule has 1 aromatic carbocycles. The molecule has 0 aliphatic heterocycles. The summed E-state index contributed by atoms with van der Waals surface area (Å²) in [5, 5.41) is 4.56. The average molecular weight is 408 g/mol. The minimum Gasteiger partial charge on any atom is -0.228 e. The van der Waals surface area contributed by atoms with Gasteiger partial charge >= 0.3 is 6.18 Å². The zero-order chi connectivity index (χ0) is 20.0. The van der Waals surface area contributed by atoms with Gasteiger partial charge in [-0.2, -0.15) is 18.3 Å². The van der Waals surface area contributed by atoms with E-state index in [9.17, 15) is 13.2 Å². The van der Waals surface area contributed by atoms with Crippen LogP contribution in [0.2, 0.25) is 24.7 Å². The van der Waals surface area contributed by atoms with E-state index in [0.717, 1.165) is 16.1 Å². The van der Waals surface area contributed by atoms with Crippen LogP contribution in [0.4, 0.5) is 13.2 Å². The fourth-order valence-electron chi connectivity index (χ4n) is 2.44. The fraction of sp³-hybridized carbons (Fsp3) is 0.263. The molecule has 3 aromatic rings. The van der Waals surface area contributed by atoms with Crippen molar-refractivity contribution in [1.82, 2.24) is 14.6 Å². The van der Waals surface area contributed by atoms with Crippen LogP contribution in [0, 0.1) is 18.4 Å². The van der Waals surface area contributed by atoms with Crippen LogP contribution in [0.25, 0.3) is 16.9 Å². The molecule has 2 aromatic heterocycles. The maximum absolute atomic E-state index is 13.6. The molecule has 0 saturated heterocycles. The molecule has 2 heterocycles. The van der Waals surface area contributed by atoms with Gasteiger partial charge in [-0.05, 0) is 30.7 Å². The van der Waals surface area contributed by atoms with Crippen LogP contribution in [0.5, 0.6) is 0 Å². The number of hydrogen-bond acceptors (Lipinski definition) is 2. The van der Waals surface area contributed by atoms with E-state index in [1.54, 1.807) is 25.1 Å². The van der Waals surface area contributed by atoms with Crippen molar-refractivity contribution >= 4 is 25.3 Å². The van der Waals surface area contributed by atoms with E-state index in [1.807, 2.05) is 0 Å². The van der Waals surface area contributed by atoms with Gasteiger partial charge in [0, 0.05) is 16.7 Å². The lowest BCUT2D eigenvalue weighted by Crippen LogP contribution is -2.16. The normalized spacial score (nSPS) is 12.1. The zero-order valence-electron chi connectivity index (χ0n) is 15.2. The van der Waals surface area contributed by atoms with Gasteiger partial charge in [0.15, 0.2) is 11.3 Å². The van der Waals surface area contributed by atoms with Gasteiger partial charge in [-0.1, -0.05) is 43.2 Å². The quantitative estimate of drug-likeness (QED) is 0.388. The van der Waals surface area contributed by atoms with Gasteiger partial charge in [-0.15, -0.1) is 5.54 Å². The number of aryl methyl sites for hydroxylation is 1. The van der Waals surface area contributed by atoms with E-state index in [-0.39, 0.29) is 17.0 Å². The molecule has 27 heavy (non-hydrogen) atoms. The lowest BCUT2D eigenvalue weighted by Gasteiger charge is -2.11. The first-order valence-corrected chi connectivity index (χ1v) is 12.1. The van der Waals surface area contributed by atoms with Gasteiger partial charge in [0.1, 0.15) is 13.8 Å². The number of halogens is 4. The molecule has 0 N–H and O–H groups in total. The van der Waals surface area contributed by atoms with Gasteiger partial charge in [-0.25, -0.2) is 9.50 Å². The summed E-state index contributed by atoms with van der Waals surface area (Å²) in [4.78, 5) is 4.36. The van der Waals surface area contributed by atoms with E-state index >= 15 is 0 Å². The molecule has 8 heteroatoms. The molecule has 3 rings (SSSR count). The minimum absolute atomic E-state index is 0.104. The Morgan fingerprint density at radius 3 is 2.41 bits per heavy atom. The summed E-state index contributed by atoms with van der Waals surface area (Å²) >= 11 is 6.02. The number of nitrogens with zero attached hydrogens (tertiary/aromatic N) is 3. The predicted molar refractivity (Wildman–Crippen MR) is 103 cm³/mol. The number of rotatable bonds is 1. The molecule has 0 spiro atoms. The largest absolute Gasteiger partial charge is 0.433 e. The molecule has 0 atom stereocenters. The van der Waals surface area contributed by atoms with E-state index in [1.165, 1.54) is 6.07 Å². The van der Waals surface area contributed by atoms with Crippen LogP contribution in [-0.2, 0) is 6.18 Å². The highest BCUT2D eigenvalue weighted by molar-refractivity contribution is 6.83. The second kappa shape index (κ2) is 6.70. The number of alkyl halides is 3. The molecule has 140 valence electrons. The highest BCUT2D eigenvalue weighted by atomic mass is 35.5. The number of aromatic nitrogens is 3. The summed E-state index contributed by atoms with van der Waals surface area (Å²) in [6.45, 7) is 7.94. The second-order valence-electron chi connectivity index (χ2n) is 7.29. The predicted octanol–water partition coefficient (Wildman–Crippen LogP) is 5.61. The summed E-state index contributed by atoms with van der Waals surface area (Å²) in [6, 6.07) is 7.49. The van der Waals surface area contributed by atoms with Gasteiger partial charge < -0.3 is 0 Å². The molecular weight excluding hydrogens is 391 g/mol. The first-order valence-electron chi connectivity index (χ1n) is 8.22. The number of benzene rings is 1. The van der Waals surface area contributed by atoms with Crippen LogP contribution in [-0.4, -0.2) is 22.7 Å². The summed E-state index contributed by atoms with van der Waals surface area (Å²) in [6.07, 6.45) is -4.58. The Morgan fingerprint density at radius 2 is 1.81 bits per heavy atom. The Hall–Kier alpha value is -2.30. The second-order valence-corrected chi connectivity index (χ2v) is 12.4. The molecule has 0 bridgehead atoms. The summed E-state index contributed by atoms with van der Waals surface area (Å²) in [7, 11) is -1.68. The van der Waals surface area contributed by atoms with E-state index in [4.69, 9.17) is 11.6 Å². The molecule has 0 amide bonds. The molecular formula is C19H17ClF3N3Si. The van der Waals surface area contributed by atoms with Gasteiger partial charge in [0.25, 0.3) is 0 Å². The molecule has 0 fully saturated rings. The highest BCUT2D eigenvalue weighted by Gasteiger charge is 2.35. The Labute approximate surface area is 161 Å². The van der Waals surface area contributed by atoms with Crippen molar-refractivity contribution in [1.29, 1.82) is 0 Å². The van der Waals surface area contributed by atoms with Crippen LogP contribution >= 0.6 is 11.6 Å². The standard InChI is InChI=1S/C19H17ClF3N3Si/c1-12-9-13(5-6-15(12)20)16-11-17(19(21,22)23)26-18(24-16)10-14(25-26)7-8-27(2,3)4/h5-6,9-11H,1-4H3. The van der Waals surface area contributed by atoms with Crippen LogP contribution in [0.1, 0.15) is 17.0 Å². The molecule has 0 saturated carbocycles. The van der Waals surface area contributed by atoms with Crippen molar-refractivity contribution in [2.45, 2.75) is 32.7 Å². The van der Waals surface area contributed by atoms with Crippen molar-refractivity contribution in [3.05, 3.63) is 52.3 Å². The maximum atomic E-state index is 13.6. The van der Waals surface area contributed by atoms with Gasteiger partial charge in [0.05, 0.1) is 5.69 Å². The highest BCUT2D eigenvalue weighted by Crippen LogP contribution is 2.33. The number of hydrogen-bond donors (Lipinski definition) is 0. The summed E-state index contributed by atoms with van der Waals surface area (Å²) < 4.78 is 41.6. The first kappa shape index (κ1) is 19.5. The fourth-order valence-corrected chi connectivity index (χ4v) is 3.06. The molecule has 0 aliphatic rings. The third kappa shape index (κ3) is 4.34. The SMILES string of the molecule is Cc1cc(-c2cc(C(F)(F)F)n3nc(C#C[Si](C)(C)C)cc3n2)ccc1Cl. The lowest BCUT2D eigenvalue weighted by atomic mass is 10.1. The molecule has 0 unspecified atom stereocenters. The van der Waals surface area contributed by atoms with E-state index < -0.39 is 19.9 Å². The maximum Gasteiger partial charge on any atom is 0.433 e. The Kier molecular flexibility index (Phi) is 4.83. The Bertz CT molecular complexity index is 1090. The third-order valence-corrected chi connectivity index (χ3v) is 5.04. The smallest absolute Gasteiger partial charge is 0.228 e. The zero-order valence-corrected chi connectivity index (χ0v) is 17.0. The molecule has 0 radical (unpaired) electrons. The average Bonchev–Trinajstić information content (AvgIpc) is 2.96. The van der Waals surface area contributed by atoms with Gasteiger partial charge in [0.2, 0.25) is 0 Å². The summed E-state index contributed by atoms with van der Waals surface area (Å²) in [5.41, 5.74) is 4.12. The first-order chi connectivity index (χ1) is 12.4. The van der Waals surface area contributed by atoms with Crippen molar-refractivity contribution in [2.24, 2.45) is 0 Å². The van der Waals surface area contributed by atoms with Gasteiger partial charge in [-0.3, -0.25) is 0 Å². The van der Waals surface area contributed by atoms with Crippen LogP contribution < -0.4 is 0 Å². The Morgan fingerprint density at radius 1 is 1.11 bits per heavy atom. The van der Waals surface area contributed by atoms with Crippen molar-refractivity contribution in [2.75, 3.05) is 0 Å². The van der Waals surface area contributed by atoms with Crippen LogP contribution in [0.15, 0.2) is 30.3 Å². The van der Waals surface area contributed by atoms with Crippen molar-refractivity contribution in [3.8, 4) is 22.7 Å². The van der Waals surface area contributed by atoms with Crippen LogP contribution in [0.3, 0.4) is 0 Å².